The number of fused-ring (bicyclic) bond motifs is 2. The van der Waals surface area contributed by atoms with Crippen LogP contribution in [0.2, 0.25) is 0 Å². The largest absolute Gasteiger partial charge is 0.493 e. The van der Waals surface area contributed by atoms with E-state index in [9.17, 15) is 4.79 Å². The van der Waals surface area contributed by atoms with E-state index in [4.69, 9.17) is 9.72 Å². The third kappa shape index (κ3) is 4.11. The standard InChI is InChI=1S/C31H29N3O2/c1-22-10-2-7-17-29(22)36-19-9-18-33-28-15-6-5-14-26(28)32-31(33)24-20-30(35)34(21-24)27-16-8-12-23-11-3-4-13-25(23)27/h2-8,10-17,24H,9,18-21H2,1H3. The molecule has 5 aromatic rings. The Kier molecular flexibility index (Phi) is 5.90. The molecule has 1 aliphatic heterocycles. The van der Waals surface area contributed by atoms with Crippen LogP contribution in [0.25, 0.3) is 21.8 Å². The summed E-state index contributed by atoms with van der Waals surface area (Å²) >= 11 is 0. The van der Waals surface area contributed by atoms with Crippen molar-refractivity contribution in [2.24, 2.45) is 0 Å². The van der Waals surface area contributed by atoms with E-state index in [-0.39, 0.29) is 11.8 Å². The lowest BCUT2D eigenvalue weighted by molar-refractivity contribution is -0.117. The van der Waals surface area contributed by atoms with Gasteiger partial charge < -0.3 is 14.2 Å². The summed E-state index contributed by atoms with van der Waals surface area (Å²) in [6.45, 7) is 4.12. The number of carbonyl (C=O) groups is 1. The Morgan fingerprint density at radius 2 is 1.69 bits per heavy atom. The second kappa shape index (κ2) is 9.50. The summed E-state index contributed by atoms with van der Waals surface area (Å²) in [5.41, 5.74) is 4.21. The van der Waals surface area contributed by atoms with Gasteiger partial charge in [0.05, 0.1) is 23.3 Å². The van der Waals surface area contributed by atoms with Gasteiger partial charge in [0.1, 0.15) is 11.6 Å². The fourth-order valence-electron chi connectivity index (χ4n) is 5.32. The molecule has 4 aromatic carbocycles. The molecule has 1 saturated heterocycles. The highest BCUT2D eigenvalue weighted by Gasteiger charge is 2.35. The summed E-state index contributed by atoms with van der Waals surface area (Å²) in [7, 11) is 0. The molecule has 36 heavy (non-hydrogen) atoms. The number of hydrogen-bond acceptors (Lipinski definition) is 3. The quantitative estimate of drug-likeness (QED) is 0.253. The number of aryl methyl sites for hydroxylation is 2. The minimum absolute atomic E-state index is 0.0427. The van der Waals surface area contributed by atoms with Gasteiger partial charge in [0.25, 0.3) is 0 Å². The lowest BCUT2D eigenvalue weighted by atomic mass is 10.1. The molecule has 1 aliphatic rings. The summed E-state index contributed by atoms with van der Waals surface area (Å²) in [5, 5.41) is 2.25. The van der Waals surface area contributed by atoms with Gasteiger partial charge in [0.15, 0.2) is 0 Å². The summed E-state index contributed by atoms with van der Waals surface area (Å²) in [4.78, 5) is 20.2. The number of hydrogen-bond donors (Lipinski definition) is 0. The van der Waals surface area contributed by atoms with Gasteiger partial charge in [-0.15, -0.1) is 0 Å². The van der Waals surface area contributed by atoms with Crippen LogP contribution >= 0.6 is 0 Å². The molecule has 0 bridgehead atoms. The average molecular weight is 476 g/mol. The highest BCUT2D eigenvalue weighted by atomic mass is 16.5. The highest BCUT2D eigenvalue weighted by Crippen LogP contribution is 2.36. The van der Waals surface area contributed by atoms with Crippen molar-refractivity contribution in [1.82, 2.24) is 9.55 Å². The third-order valence-corrected chi connectivity index (χ3v) is 7.11. The zero-order valence-electron chi connectivity index (χ0n) is 20.4. The fourth-order valence-corrected chi connectivity index (χ4v) is 5.32. The van der Waals surface area contributed by atoms with E-state index >= 15 is 0 Å². The molecule has 0 saturated carbocycles. The number of ether oxygens (including phenoxy) is 1. The van der Waals surface area contributed by atoms with E-state index in [1.165, 1.54) is 0 Å². The topological polar surface area (TPSA) is 47.4 Å². The first-order valence-corrected chi connectivity index (χ1v) is 12.6. The van der Waals surface area contributed by atoms with Crippen molar-refractivity contribution in [3.05, 3.63) is 102 Å². The molecule has 0 N–H and O–H groups in total. The Labute approximate surface area is 210 Å². The molecule has 6 rings (SSSR count). The summed E-state index contributed by atoms with van der Waals surface area (Å²) in [5.74, 6) is 2.11. The van der Waals surface area contributed by atoms with Crippen LogP contribution in [0.1, 0.15) is 30.1 Å². The second-order valence-corrected chi connectivity index (χ2v) is 9.48. The molecule has 1 fully saturated rings. The zero-order chi connectivity index (χ0) is 24.5. The van der Waals surface area contributed by atoms with Crippen LogP contribution in [-0.2, 0) is 11.3 Å². The number of nitrogens with zero attached hydrogens (tertiary/aromatic N) is 3. The molecule has 0 radical (unpaired) electrons. The highest BCUT2D eigenvalue weighted by molar-refractivity contribution is 6.05. The SMILES string of the molecule is Cc1ccccc1OCCCn1c(C2CC(=O)N(c3cccc4ccccc34)C2)nc2ccccc21. The Bertz CT molecular complexity index is 1550. The average Bonchev–Trinajstić information content (AvgIpc) is 3.47. The molecular weight excluding hydrogens is 446 g/mol. The fraction of sp³-hybridized carbons (Fsp3) is 0.226. The lowest BCUT2D eigenvalue weighted by Crippen LogP contribution is -2.24. The molecule has 1 unspecified atom stereocenters. The van der Waals surface area contributed by atoms with E-state index in [2.05, 4.69) is 60.0 Å². The van der Waals surface area contributed by atoms with Gasteiger partial charge >= 0.3 is 0 Å². The zero-order valence-corrected chi connectivity index (χ0v) is 20.4. The van der Waals surface area contributed by atoms with E-state index < -0.39 is 0 Å². The van der Waals surface area contributed by atoms with Crippen LogP contribution in [0.4, 0.5) is 5.69 Å². The Hall–Kier alpha value is -4.12. The minimum Gasteiger partial charge on any atom is -0.493 e. The number of carbonyl (C=O) groups excluding carboxylic acids is 1. The molecule has 5 nitrogen and oxygen atoms in total. The summed E-state index contributed by atoms with van der Waals surface area (Å²) in [6.07, 6.45) is 1.32. The van der Waals surface area contributed by atoms with Gasteiger partial charge in [0.2, 0.25) is 5.91 Å². The maximum atomic E-state index is 13.2. The van der Waals surface area contributed by atoms with Crippen molar-refractivity contribution >= 4 is 33.4 Å². The van der Waals surface area contributed by atoms with Crippen molar-refractivity contribution in [2.75, 3.05) is 18.1 Å². The summed E-state index contributed by atoms with van der Waals surface area (Å²) in [6, 6.07) is 30.8. The lowest BCUT2D eigenvalue weighted by Gasteiger charge is -2.19. The van der Waals surface area contributed by atoms with Crippen molar-refractivity contribution in [1.29, 1.82) is 0 Å². The van der Waals surface area contributed by atoms with Crippen LogP contribution in [0.15, 0.2) is 91.0 Å². The molecule has 5 heteroatoms. The van der Waals surface area contributed by atoms with E-state index in [1.807, 2.05) is 47.4 Å². The normalized spacial score (nSPS) is 15.8. The van der Waals surface area contributed by atoms with Gasteiger partial charge in [-0.2, -0.15) is 0 Å². The predicted molar refractivity (Wildman–Crippen MR) is 145 cm³/mol. The number of aromatic nitrogens is 2. The molecule has 2 heterocycles. The van der Waals surface area contributed by atoms with Crippen LogP contribution < -0.4 is 9.64 Å². The van der Waals surface area contributed by atoms with Gasteiger partial charge in [-0.05, 0) is 48.6 Å². The minimum atomic E-state index is 0.0427. The molecule has 1 aromatic heterocycles. The molecule has 0 aliphatic carbocycles. The molecule has 1 atom stereocenters. The van der Waals surface area contributed by atoms with Crippen molar-refractivity contribution in [3.63, 3.8) is 0 Å². The van der Waals surface area contributed by atoms with Gasteiger partial charge in [-0.1, -0.05) is 66.7 Å². The van der Waals surface area contributed by atoms with E-state index in [0.717, 1.165) is 57.6 Å². The number of anilines is 1. The number of amides is 1. The molecular formula is C31H29N3O2. The molecule has 0 spiro atoms. The molecule has 180 valence electrons. The Morgan fingerprint density at radius 1 is 0.917 bits per heavy atom. The van der Waals surface area contributed by atoms with Crippen molar-refractivity contribution in [3.8, 4) is 5.75 Å². The second-order valence-electron chi connectivity index (χ2n) is 9.48. The van der Waals surface area contributed by atoms with Crippen molar-refractivity contribution in [2.45, 2.75) is 32.2 Å². The van der Waals surface area contributed by atoms with E-state index in [0.29, 0.717) is 19.6 Å². The number of benzene rings is 4. The van der Waals surface area contributed by atoms with Crippen LogP contribution in [0.5, 0.6) is 5.75 Å². The Balaban J connectivity index is 1.26. The molecule has 1 amide bonds. The monoisotopic (exact) mass is 475 g/mol. The maximum Gasteiger partial charge on any atom is 0.227 e. The number of para-hydroxylation sites is 3. The first kappa shape index (κ1) is 22.4. The van der Waals surface area contributed by atoms with Gasteiger partial charge in [-0.25, -0.2) is 4.98 Å². The van der Waals surface area contributed by atoms with Crippen molar-refractivity contribution < 1.29 is 9.53 Å². The first-order chi connectivity index (χ1) is 17.7. The Morgan fingerprint density at radius 3 is 2.61 bits per heavy atom. The maximum absolute atomic E-state index is 13.2. The smallest absolute Gasteiger partial charge is 0.227 e. The third-order valence-electron chi connectivity index (χ3n) is 7.11. The predicted octanol–water partition coefficient (Wildman–Crippen LogP) is 6.49. The first-order valence-electron chi connectivity index (χ1n) is 12.6. The van der Waals surface area contributed by atoms with Gasteiger partial charge in [-0.3, -0.25) is 4.79 Å². The van der Waals surface area contributed by atoms with Crippen LogP contribution in [0, 0.1) is 6.92 Å². The van der Waals surface area contributed by atoms with Crippen LogP contribution in [-0.4, -0.2) is 28.6 Å². The number of imidazole rings is 1. The summed E-state index contributed by atoms with van der Waals surface area (Å²) < 4.78 is 8.34. The van der Waals surface area contributed by atoms with Crippen LogP contribution in [0.3, 0.4) is 0 Å². The van der Waals surface area contributed by atoms with Gasteiger partial charge in [0, 0.05) is 30.8 Å². The number of rotatable bonds is 7. The van der Waals surface area contributed by atoms with E-state index in [1.54, 1.807) is 0 Å².